The predicted molar refractivity (Wildman–Crippen MR) is 178 cm³/mol. The van der Waals surface area contributed by atoms with Gasteiger partial charge in [0.2, 0.25) is 0 Å². The van der Waals surface area contributed by atoms with Crippen molar-refractivity contribution in [1.82, 2.24) is 0 Å². The molecular weight excluding hydrogens is 544 g/mol. The molecule has 0 bridgehead atoms. The molecule has 0 saturated heterocycles. The van der Waals surface area contributed by atoms with Gasteiger partial charge in [0.15, 0.2) is 11.3 Å². The van der Waals surface area contributed by atoms with Crippen LogP contribution < -0.4 is 9.64 Å². The highest BCUT2D eigenvalue weighted by molar-refractivity contribution is 5.65. The Hall–Kier alpha value is -4.47. The standard InChI is InChI=1S/C38H46N4O2/c1-8-10-19-42(20-11-9-2)32-18-17-30(35(22-32)43-7)16-15-29-21-28(23-37(3,4)24-29)13-12-14-34-33(27-41)36(31(25-39)26-40)44-38(34,5)6/h12-18,21-22H,8-11,19-20,23-24H2,1-7H3. The smallest absolute Gasteiger partial charge is 0.172 e. The molecule has 0 atom stereocenters. The zero-order valence-corrected chi connectivity index (χ0v) is 27.5. The minimum absolute atomic E-state index is 0.0546. The van der Waals surface area contributed by atoms with E-state index in [4.69, 9.17) is 9.47 Å². The van der Waals surface area contributed by atoms with E-state index >= 15 is 0 Å². The van der Waals surface area contributed by atoms with Crippen molar-refractivity contribution in [1.29, 1.82) is 15.8 Å². The second kappa shape index (κ2) is 15.3. The number of nitriles is 3. The topological polar surface area (TPSA) is 93.1 Å². The van der Waals surface area contributed by atoms with Crippen molar-refractivity contribution in [2.24, 2.45) is 5.41 Å². The lowest BCUT2D eigenvalue weighted by Crippen LogP contribution is -2.25. The summed E-state index contributed by atoms with van der Waals surface area (Å²) in [4.78, 5) is 2.47. The van der Waals surface area contributed by atoms with E-state index < -0.39 is 5.60 Å². The molecule has 3 rings (SSSR count). The number of nitrogens with zero attached hydrogens (tertiary/aromatic N) is 4. The van der Waals surface area contributed by atoms with Crippen LogP contribution in [0, 0.1) is 39.4 Å². The van der Waals surface area contributed by atoms with Crippen LogP contribution in [0.1, 0.15) is 85.6 Å². The largest absolute Gasteiger partial charge is 0.496 e. The molecule has 1 heterocycles. The SMILES string of the molecule is CCCCN(CCCC)c1ccc(C=CC2=CC(=CC=CC3=C(C#N)C(=C(C#N)C#N)OC3(C)C)CC(C)(C)C2)c(OC)c1. The van der Waals surface area contributed by atoms with Gasteiger partial charge >= 0.3 is 0 Å². The van der Waals surface area contributed by atoms with E-state index in [0.717, 1.165) is 37.2 Å². The van der Waals surface area contributed by atoms with Gasteiger partial charge in [0.1, 0.15) is 35.1 Å². The Balaban J connectivity index is 1.90. The molecular formula is C38H46N4O2. The van der Waals surface area contributed by atoms with Gasteiger partial charge in [-0.2, -0.15) is 15.8 Å². The number of rotatable bonds is 12. The molecule has 0 unspecified atom stereocenters. The zero-order valence-electron chi connectivity index (χ0n) is 27.5. The number of allylic oxidation sites excluding steroid dienone is 8. The number of unbranched alkanes of at least 4 members (excludes halogenated alkanes) is 2. The quantitative estimate of drug-likeness (QED) is 0.225. The minimum atomic E-state index is -0.832. The first kappa shape index (κ1) is 34.0. The van der Waals surface area contributed by atoms with Gasteiger partial charge in [-0.05, 0) is 68.2 Å². The highest BCUT2D eigenvalue weighted by atomic mass is 16.5. The van der Waals surface area contributed by atoms with Gasteiger partial charge in [0.25, 0.3) is 0 Å². The number of anilines is 1. The maximum atomic E-state index is 9.81. The number of hydrogen-bond donors (Lipinski definition) is 0. The van der Waals surface area contributed by atoms with Crippen LogP contribution in [-0.4, -0.2) is 25.8 Å². The van der Waals surface area contributed by atoms with Gasteiger partial charge < -0.3 is 14.4 Å². The Labute approximate surface area is 264 Å². The van der Waals surface area contributed by atoms with E-state index in [9.17, 15) is 15.8 Å². The summed E-state index contributed by atoms with van der Waals surface area (Å²) in [6, 6.07) is 12.3. The van der Waals surface area contributed by atoms with E-state index in [1.807, 2.05) is 38.1 Å². The summed E-state index contributed by atoms with van der Waals surface area (Å²) in [6.07, 6.45) is 19.0. The molecule has 2 aliphatic rings. The third kappa shape index (κ3) is 8.55. The maximum Gasteiger partial charge on any atom is 0.172 e. The molecule has 230 valence electrons. The summed E-state index contributed by atoms with van der Waals surface area (Å²) in [5, 5.41) is 28.5. The van der Waals surface area contributed by atoms with Gasteiger partial charge in [0.05, 0.1) is 7.11 Å². The first-order chi connectivity index (χ1) is 21.0. The summed E-state index contributed by atoms with van der Waals surface area (Å²) < 4.78 is 11.7. The monoisotopic (exact) mass is 590 g/mol. The molecule has 6 heteroatoms. The molecule has 6 nitrogen and oxygen atoms in total. The Bertz CT molecular complexity index is 1500. The van der Waals surface area contributed by atoms with E-state index in [-0.39, 0.29) is 22.3 Å². The molecule has 1 aromatic rings. The molecule has 0 N–H and O–H groups in total. The highest BCUT2D eigenvalue weighted by Crippen LogP contribution is 2.41. The van der Waals surface area contributed by atoms with Crippen molar-refractivity contribution >= 4 is 11.8 Å². The molecule has 1 aromatic carbocycles. The fraction of sp³-hybridized carbons (Fsp3) is 0.447. The molecule has 0 aromatic heterocycles. The number of hydrogen-bond acceptors (Lipinski definition) is 6. The lowest BCUT2D eigenvalue weighted by atomic mass is 9.75. The molecule has 0 spiro atoms. The Morgan fingerprint density at radius 2 is 1.66 bits per heavy atom. The average Bonchev–Trinajstić information content (AvgIpc) is 3.25. The zero-order chi connectivity index (χ0) is 32.3. The van der Waals surface area contributed by atoms with Crippen LogP contribution in [-0.2, 0) is 4.74 Å². The van der Waals surface area contributed by atoms with Crippen LogP contribution in [0.15, 0.2) is 82.2 Å². The van der Waals surface area contributed by atoms with Crippen molar-refractivity contribution in [2.75, 3.05) is 25.1 Å². The third-order valence-corrected chi connectivity index (χ3v) is 8.00. The molecule has 1 aliphatic heterocycles. The Kier molecular flexibility index (Phi) is 11.8. The average molecular weight is 591 g/mol. The van der Waals surface area contributed by atoms with Crippen molar-refractivity contribution in [3.05, 3.63) is 87.8 Å². The van der Waals surface area contributed by atoms with Crippen molar-refractivity contribution in [3.8, 4) is 24.0 Å². The summed E-state index contributed by atoms with van der Waals surface area (Å²) in [7, 11) is 1.74. The third-order valence-electron chi connectivity index (χ3n) is 8.00. The number of benzene rings is 1. The normalized spacial score (nSPS) is 18.1. The molecule has 0 saturated carbocycles. The maximum absolute atomic E-state index is 9.81. The fourth-order valence-corrected chi connectivity index (χ4v) is 5.77. The fourth-order valence-electron chi connectivity index (χ4n) is 5.77. The molecule has 44 heavy (non-hydrogen) atoms. The second-order valence-corrected chi connectivity index (χ2v) is 12.7. The van der Waals surface area contributed by atoms with Crippen molar-refractivity contribution in [3.63, 3.8) is 0 Å². The minimum Gasteiger partial charge on any atom is -0.496 e. The van der Waals surface area contributed by atoms with E-state index in [1.165, 1.54) is 42.5 Å². The first-order valence-corrected chi connectivity index (χ1v) is 15.6. The van der Waals surface area contributed by atoms with E-state index in [1.54, 1.807) is 7.11 Å². The molecule has 0 radical (unpaired) electrons. The van der Waals surface area contributed by atoms with Gasteiger partial charge in [0, 0.05) is 36.0 Å². The van der Waals surface area contributed by atoms with Gasteiger partial charge in [-0.3, -0.25) is 0 Å². The molecule has 0 fully saturated rings. The summed E-state index contributed by atoms with van der Waals surface area (Å²) in [5.74, 6) is 0.928. The van der Waals surface area contributed by atoms with Gasteiger partial charge in [-0.25, -0.2) is 0 Å². The predicted octanol–water partition coefficient (Wildman–Crippen LogP) is 9.27. The van der Waals surface area contributed by atoms with Crippen molar-refractivity contribution < 1.29 is 9.47 Å². The van der Waals surface area contributed by atoms with E-state index in [0.29, 0.717) is 5.57 Å². The van der Waals surface area contributed by atoms with Crippen LogP contribution in [0.5, 0.6) is 5.75 Å². The Morgan fingerprint density at radius 3 is 2.25 bits per heavy atom. The van der Waals surface area contributed by atoms with Crippen LogP contribution in [0.2, 0.25) is 0 Å². The highest BCUT2D eigenvalue weighted by Gasteiger charge is 2.38. The van der Waals surface area contributed by atoms with Crippen molar-refractivity contribution in [2.45, 2.75) is 85.7 Å². The van der Waals surface area contributed by atoms with Gasteiger partial charge in [-0.15, -0.1) is 0 Å². The van der Waals surface area contributed by atoms with Crippen LogP contribution in [0.25, 0.3) is 6.08 Å². The second-order valence-electron chi connectivity index (χ2n) is 12.7. The molecule has 0 amide bonds. The lowest BCUT2D eigenvalue weighted by molar-refractivity contribution is 0.0954. The van der Waals surface area contributed by atoms with Crippen LogP contribution in [0.3, 0.4) is 0 Å². The lowest BCUT2D eigenvalue weighted by Gasteiger charge is -2.30. The number of ether oxygens (including phenoxy) is 2. The summed E-state index contributed by atoms with van der Waals surface area (Å²) in [5.41, 5.74) is 4.61. The van der Waals surface area contributed by atoms with Gasteiger partial charge in [-0.1, -0.05) is 77.0 Å². The number of methoxy groups -OCH3 is 1. The first-order valence-electron chi connectivity index (χ1n) is 15.6. The van der Waals surface area contributed by atoms with Crippen LogP contribution in [0.4, 0.5) is 5.69 Å². The summed E-state index contributed by atoms with van der Waals surface area (Å²) >= 11 is 0. The van der Waals surface area contributed by atoms with E-state index in [2.05, 4.69) is 81.2 Å². The Morgan fingerprint density at radius 1 is 0.977 bits per heavy atom. The van der Waals surface area contributed by atoms with Crippen LogP contribution >= 0.6 is 0 Å². The molecule has 1 aliphatic carbocycles. The summed E-state index contributed by atoms with van der Waals surface area (Å²) in [6.45, 7) is 14.8.